The van der Waals surface area contributed by atoms with Crippen molar-refractivity contribution >= 4 is 16.7 Å². The van der Waals surface area contributed by atoms with Gasteiger partial charge < -0.3 is 0 Å². The summed E-state index contributed by atoms with van der Waals surface area (Å²) in [6.07, 6.45) is -17.4. The van der Waals surface area contributed by atoms with Gasteiger partial charge in [-0.15, -0.1) is 0 Å². The van der Waals surface area contributed by atoms with Gasteiger partial charge >= 0.3 is 18.5 Å². The molecule has 0 spiro atoms. The fourth-order valence-corrected chi connectivity index (χ4v) is 4.57. The van der Waals surface area contributed by atoms with E-state index in [0.29, 0.717) is 12.1 Å². The number of hydrogen-bond acceptors (Lipinski definition) is 6. The number of nitrogens with zero attached hydrogens (tertiary/aromatic N) is 6. The molecule has 2 aromatic heterocycles. The maximum absolute atomic E-state index is 15.2. The van der Waals surface area contributed by atoms with Gasteiger partial charge in [0.05, 0.1) is 45.0 Å². The lowest BCUT2D eigenvalue weighted by molar-refractivity contribution is -0.145. The molecule has 1 aliphatic carbocycles. The molecule has 0 bridgehead atoms. The SMILES string of the molecule is N#CC(=C1C(=C(\C#N)c2ccc(C#N)cc2C(F)(F)F)/C1=C(\C#N)c1c(F)c(F)nc(C(F)(F)F)c1F)c1c(F)c(F)nc(C(F)(F)F)c1F. The van der Waals surface area contributed by atoms with Gasteiger partial charge in [-0.25, -0.2) is 27.5 Å². The first-order valence-corrected chi connectivity index (χ1v) is 12.4. The number of benzene rings is 1. The number of pyridine rings is 2. The van der Waals surface area contributed by atoms with Crippen molar-refractivity contribution in [3.63, 3.8) is 0 Å². The van der Waals surface area contributed by atoms with Crippen LogP contribution in [0.4, 0.5) is 65.9 Å². The number of allylic oxidation sites excluding steroid dienone is 6. The molecule has 0 atom stereocenters. The lowest BCUT2D eigenvalue weighted by Gasteiger charge is -2.12. The van der Waals surface area contributed by atoms with Crippen LogP contribution in [0.25, 0.3) is 16.7 Å². The molecule has 1 aromatic carbocycles. The topological polar surface area (TPSA) is 121 Å². The van der Waals surface area contributed by atoms with Crippen molar-refractivity contribution in [3.05, 3.63) is 109 Å². The summed E-state index contributed by atoms with van der Waals surface area (Å²) < 4.78 is 211. The van der Waals surface area contributed by atoms with Crippen molar-refractivity contribution in [1.82, 2.24) is 9.97 Å². The summed E-state index contributed by atoms with van der Waals surface area (Å²) in [4.78, 5) is 4.10. The maximum atomic E-state index is 15.2. The molecule has 4 rings (SSSR count). The monoisotopic (exact) mass is 720 g/mol. The predicted molar refractivity (Wildman–Crippen MR) is 132 cm³/mol. The average Bonchev–Trinajstić information content (AvgIpc) is 3.73. The van der Waals surface area contributed by atoms with Gasteiger partial charge in [-0.1, -0.05) is 6.07 Å². The summed E-state index contributed by atoms with van der Waals surface area (Å²) in [6, 6.07) is 5.29. The van der Waals surface area contributed by atoms with Gasteiger partial charge in [-0.3, -0.25) is 0 Å². The Balaban J connectivity index is 2.36. The quantitative estimate of drug-likeness (QED) is 0.152. The van der Waals surface area contributed by atoms with E-state index >= 15 is 8.78 Å². The number of aromatic nitrogens is 2. The van der Waals surface area contributed by atoms with E-state index in [1.54, 1.807) is 0 Å². The molecule has 1 aliphatic rings. The second-order valence-electron chi connectivity index (χ2n) is 9.46. The Morgan fingerprint density at radius 1 is 0.520 bits per heavy atom. The van der Waals surface area contributed by atoms with Crippen LogP contribution in [0, 0.1) is 80.5 Å². The van der Waals surface area contributed by atoms with Crippen LogP contribution in [-0.4, -0.2) is 9.97 Å². The maximum Gasteiger partial charge on any atom is 0.436 e. The Hall–Kier alpha value is -6.35. The number of alkyl halides is 9. The van der Waals surface area contributed by atoms with E-state index in [1.165, 1.54) is 6.07 Å². The van der Waals surface area contributed by atoms with Crippen molar-refractivity contribution < 1.29 is 65.9 Å². The first-order chi connectivity index (χ1) is 23.1. The Labute approximate surface area is 266 Å². The Morgan fingerprint density at radius 3 is 1.22 bits per heavy atom. The highest BCUT2D eigenvalue weighted by Gasteiger charge is 2.48. The molecule has 254 valence electrons. The highest BCUT2D eigenvalue weighted by molar-refractivity contribution is 6.12. The summed E-state index contributed by atoms with van der Waals surface area (Å²) in [5, 5.41) is 38.6. The van der Waals surface area contributed by atoms with Gasteiger partial charge in [0.25, 0.3) is 0 Å². The highest BCUT2D eigenvalue weighted by atomic mass is 19.4. The van der Waals surface area contributed by atoms with E-state index < -0.39 is 126 Å². The van der Waals surface area contributed by atoms with Crippen LogP contribution in [-0.2, 0) is 18.5 Å². The first-order valence-electron chi connectivity index (χ1n) is 12.4. The minimum absolute atomic E-state index is 0.124. The molecule has 6 nitrogen and oxygen atoms in total. The second kappa shape index (κ2) is 12.3. The molecule has 3 aromatic rings. The van der Waals surface area contributed by atoms with Crippen LogP contribution in [0.5, 0.6) is 0 Å². The molecule has 1 fully saturated rings. The minimum Gasteiger partial charge on any atom is -0.209 e. The van der Waals surface area contributed by atoms with Crippen LogP contribution >= 0.6 is 0 Å². The zero-order valence-corrected chi connectivity index (χ0v) is 23.1. The summed E-state index contributed by atoms with van der Waals surface area (Å²) in [5.41, 5.74) is -23.9. The zero-order chi connectivity index (χ0) is 37.8. The molecule has 0 unspecified atom stereocenters. The van der Waals surface area contributed by atoms with E-state index in [2.05, 4.69) is 0 Å². The lowest BCUT2D eigenvalue weighted by atomic mass is 9.96. The summed E-state index contributed by atoms with van der Waals surface area (Å²) in [5.74, 6) is -16.6. The van der Waals surface area contributed by atoms with E-state index in [9.17, 15) is 72.9 Å². The fraction of sp³-hybridized carbons (Fsp3) is 0.103. The minimum atomic E-state index is -5.94. The molecular formula is C29H3F15N6. The smallest absolute Gasteiger partial charge is 0.209 e. The van der Waals surface area contributed by atoms with E-state index in [1.807, 2.05) is 9.97 Å². The molecule has 50 heavy (non-hydrogen) atoms. The molecular weight excluding hydrogens is 717 g/mol. The van der Waals surface area contributed by atoms with Crippen molar-refractivity contribution in [1.29, 1.82) is 21.0 Å². The average molecular weight is 720 g/mol. The van der Waals surface area contributed by atoms with Gasteiger partial charge in [0.15, 0.2) is 34.7 Å². The third-order valence-electron chi connectivity index (χ3n) is 6.61. The third kappa shape index (κ3) is 6.05. The highest BCUT2D eigenvalue weighted by Crippen LogP contribution is 2.57. The van der Waals surface area contributed by atoms with E-state index in [-0.39, 0.29) is 6.07 Å². The second-order valence-corrected chi connectivity index (χ2v) is 9.46. The van der Waals surface area contributed by atoms with Crippen LogP contribution in [0.3, 0.4) is 0 Å². The van der Waals surface area contributed by atoms with Gasteiger partial charge in [0.2, 0.25) is 11.9 Å². The summed E-state index contributed by atoms with van der Waals surface area (Å²) >= 11 is 0. The van der Waals surface area contributed by atoms with Gasteiger partial charge in [-0.05, 0) is 12.1 Å². The van der Waals surface area contributed by atoms with Crippen molar-refractivity contribution in [3.8, 4) is 24.3 Å². The normalized spacial score (nSPS) is 16.1. The van der Waals surface area contributed by atoms with Gasteiger partial charge in [0, 0.05) is 22.3 Å². The molecule has 0 N–H and O–H groups in total. The van der Waals surface area contributed by atoms with Crippen LogP contribution in [0.1, 0.15) is 39.2 Å². The van der Waals surface area contributed by atoms with Crippen molar-refractivity contribution in [2.75, 3.05) is 0 Å². The van der Waals surface area contributed by atoms with Gasteiger partial charge in [0.1, 0.15) is 18.2 Å². The van der Waals surface area contributed by atoms with Crippen LogP contribution < -0.4 is 0 Å². The van der Waals surface area contributed by atoms with Gasteiger partial charge in [-0.2, -0.15) is 69.3 Å². The fourth-order valence-electron chi connectivity index (χ4n) is 4.57. The molecule has 1 saturated carbocycles. The number of nitriles is 4. The summed E-state index contributed by atoms with van der Waals surface area (Å²) in [6.45, 7) is 0. The predicted octanol–water partition coefficient (Wildman–Crippen LogP) is 8.48. The first kappa shape index (κ1) is 36.5. The number of rotatable bonds is 3. The van der Waals surface area contributed by atoms with Crippen LogP contribution in [0.15, 0.2) is 34.9 Å². The molecule has 2 heterocycles. The third-order valence-corrected chi connectivity index (χ3v) is 6.61. The van der Waals surface area contributed by atoms with E-state index in [4.69, 9.17) is 5.26 Å². The van der Waals surface area contributed by atoms with E-state index in [0.717, 1.165) is 18.2 Å². The molecule has 0 saturated heterocycles. The standard InChI is InChI=1S/C29H3F15N6/c30-19-17(21(32)25(34)49-23(19)28(39,40)41)11(6-47)15-14(10(5-46)9-2-1-8(4-45)3-13(9)27(36,37)38)16(15)12(7-48)18-20(31)24(29(42,43)44)50-26(35)22(18)33/h1-3H/b14-10-,15-11?,16-12-. The Kier molecular flexibility index (Phi) is 8.95. The van der Waals surface area contributed by atoms with Crippen LogP contribution in [0.2, 0.25) is 0 Å². The molecule has 0 aliphatic heterocycles. The Bertz CT molecular complexity index is 2170. The number of halogens is 15. The molecule has 21 heteroatoms. The molecule has 0 amide bonds. The van der Waals surface area contributed by atoms with Crippen molar-refractivity contribution in [2.45, 2.75) is 18.5 Å². The van der Waals surface area contributed by atoms with Crippen molar-refractivity contribution in [2.24, 2.45) is 0 Å². The molecule has 0 radical (unpaired) electrons. The largest absolute Gasteiger partial charge is 0.436 e. The Morgan fingerprint density at radius 2 is 0.900 bits per heavy atom. The zero-order valence-electron chi connectivity index (χ0n) is 23.1. The lowest BCUT2D eigenvalue weighted by Crippen LogP contribution is -2.16. The summed E-state index contributed by atoms with van der Waals surface area (Å²) in [7, 11) is 0. The number of hydrogen-bond donors (Lipinski definition) is 0.